The molecule has 1 aromatic carbocycles. The molecule has 10 nitrogen and oxygen atoms in total. The summed E-state index contributed by atoms with van der Waals surface area (Å²) in [5, 5.41) is 48.2. The van der Waals surface area contributed by atoms with E-state index in [1.807, 2.05) is 26.8 Å². The van der Waals surface area contributed by atoms with Gasteiger partial charge in [-0.05, 0) is 82.5 Å². The number of phenolic OH excluding ortho intramolecular Hbond substituents is 1. The van der Waals surface area contributed by atoms with Crippen molar-refractivity contribution in [2.75, 3.05) is 0 Å². The first kappa shape index (κ1) is 28.5. The van der Waals surface area contributed by atoms with Gasteiger partial charge in [0.15, 0.2) is 11.4 Å². The molecule has 0 unspecified atom stereocenters. The number of aliphatic hydroxyl groups excluding tert-OH is 2. The molecule has 216 valence electrons. The highest BCUT2D eigenvalue weighted by molar-refractivity contribution is 6.25. The Bertz CT molecular complexity index is 1560. The first-order valence-corrected chi connectivity index (χ1v) is 13.6. The lowest BCUT2D eigenvalue weighted by atomic mass is 9.56. The number of nitrogens with zero attached hydrogens (tertiary/aromatic N) is 1. The first-order chi connectivity index (χ1) is 19.2. The van der Waals surface area contributed by atoms with Crippen LogP contribution in [0.2, 0.25) is 0 Å². The SMILES string of the molecule is C=NC(=O)C1=C(O)[C@@H](CC)[C@@H]2C[C@@H]3Cc4c(-c5ccc(CNC(C)(C)C)o5)ccc(O)c4C(=O)C3=C(O)[C@]2(O)C1=O. The summed E-state index contributed by atoms with van der Waals surface area (Å²) in [4.78, 5) is 43.0. The third-order valence-electron chi connectivity index (χ3n) is 8.50. The minimum Gasteiger partial charge on any atom is -0.511 e. The lowest BCUT2D eigenvalue weighted by molar-refractivity contribution is -0.148. The highest BCUT2D eigenvalue weighted by Crippen LogP contribution is 2.54. The Morgan fingerprint density at radius 3 is 2.51 bits per heavy atom. The van der Waals surface area contributed by atoms with Gasteiger partial charge in [-0.25, -0.2) is 4.99 Å². The Balaban J connectivity index is 1.61. The second-order valence-electron chi connectivity index (χ2n) is 12.0. The molecule has 0 spiro atoms. The van der Waals surface area contributed by atoms with Crippen molar-refractivity contribution in [3.63, 3.8) is 0 Å². The van der Waals surface area contributed by atoms with Gasteiger partial charge in [0.1, 0.15) is 34.4 Å². The van der Waals surface area contributed by atoms with E-state index in [2.05, 4.69) is 17.0 Å². The number of hydrogen-bond acceptors (Lipinski definition) is 9. The van der Waals surface area contributed by atoms with Crippen LogP contribution < -0.4 is 5.32 Å². The molecule has 1 amide bonds. The van der Waals surface area contributed by atoms with Gasteiger partial charge in [-0.15, -0.1) is 0 Å². The number of phenols is 1. The quantitative estimate of drug-likeness (QED) is 0.266. The van der Waals surface area contributed by atoms with Gasteiger partial charge in [-0.2, -0.15) is 0 Å². The van der Waals surface area contributed by atoms with Gasteiger partial charge in [0.2, 0.25) is 5.78 Å². The van der Waals surface area contributed by atoms with Crippen molar-refractivity contribution in [3.05, 3.63) is 63.8 Å². The molecule has 10 heteroatoms. The summed E-state index contributed by atoms with van der Waals surface area (Å²) in [6.45, 7) is 11.4. The normalized spacial score (nSPS) is 26.0. The zero-order chi connectivity index (χ0) is 30.0. The monoisotopic (exact) mass is 562 g/mol. The highest BCUT2D eigenvalue weighted by Gasteiger charge is 2.62. The summed E-state index contributed by atoms with van der Waals surface area (Å²) in [7, 11) is 0. The van der Waals surface area contributed by atoms with E-state index in [0.717, 1.165) is 0 Å². The second-order valence-corrected chi connectivity index (χ2v) is 12.0. The van der Waals surface area contributed by atoms with Gasteiger partial charge in [-0.1, -0.05) is 6.92 Å². The summed E-state index contributed by atoms with van der Waals surface area (Å²) < 4.78 is 6.09. The topological polar surface area (TPSA) is 170 Å². The molecule has 0 saturated carbocycles. The number of hydrogen-bond donors (Lipinski definition) is 5. The van der Waals surface area contributed by atoms with Gasteiger partial charge in [0, 0.05) is 28.5 Å². The van der Waals surface area contributed by atoms with Crippen molar-refractivity contribution in [2.24, 2.45) is 22.7 Å². The van der Waals surface area contributed by atoms with Crippen LogP contribution in [-0.4, -0.2) is 55.8 Å². The molecule has 3 aliphatic rings. The molecule has 4 atom stereocenters. The lowest BCUT2D eigenvalue weighted by Crippen LogP contribution is -2.59. The Labute approximate surface area is 237 Å². The minimum atomic E-state index is -2.62. The van der Waals surface area contributed by atoms with Gasteiger partial charge in [-0.3, -0.25) is 14.4 Å². The molecule has 3 aliphatic carbocycles. The van der Waals surface area contributed by atoms with Crippen LogP contribution in [0, 0.1) is 17.8 Å². The van der Waals surface area contributed by atoms with Gasteiger partial charge >= 0.3 is 0 Å². The summed E-state index contributed by atoms with van der Waals surface area (Å²) in [6.07, 6.45) is 0.498. The number of rotatable bonds is 5. The number of aliphatic hydroxyl groups is 3. The third kappa shape index (κ3) is 4.33. The fourth-order valence-electron chi connectivity index (χ4n) is 6.51. The van der Waals surface area contributed by atoms with Crippen LogP contribution in [0.25, 0.3) is 11.3 Å². The number of furan rings is 1. The van der Waals surface area contributed by atoms with Gasteiger partial charge in [0.25, 0.3) is 5.91 Å². The van der Waals surface area contributed by atoms with Crippen molar-refractivity contribution in [1.82, 2.24) is 5.32 Å². The average molecular weight is 563 g/mol. The Kier molecular flexibility index (Phi) is 6.82. The van der Waals surface area contributed by atoms with Crippen molar-refractivity contribution in [2.45, 2.75) is 64.6 Å². The minimum absolute atomic E-state index is 0.0501. The van der Waals surface area contributed by atoms with Crippen LogP contribution in [0.1, 0.15) is 62.2 Å². The molecule has 5 rings (SSSR count). The number of nitrogens with one attached hydrogen (secondary N) is 1. The van der Waals surface area contributed by atoms with Gasteiger partial charge in [0.05, 0.1) is 12.1 Å². The number of ketones is 2. The molecular weight excluding hydrogens is 528 g/mol. The maximum Gasteiger partial charge on any atom is 0.283 e. The van der Waals surface area contributed by atoms with Crippen LogP contribution in [0.4, 0.5) is 0 Å². The Hall–Kier alpha value is -4.02. The summed E-state index contributed by atoms with van der Waals surface area (Å²) in [5.41, 5.74) is -2.61. The number of benzene rings is 1. The van der Waals surface area contributed by atoms with Crippen molar-refractivity contribution < 1.29 is 39.2 Å². The average Bonchev–Trinajstić information content (AvgIpc) is 3.38. The maximum absolute atomic E-state index is 13.9. The van der Waals surface area contributed by atoms with Crippen molar-refractivity contribution in [3.8, 4) is 17.1 Å². The number of amides is 1. The van der Waals surface area contributed by atoms with E-state index in [1.54, 1.807) is 19.1 Å². The molecule has 0 aliphatic heterocycles. The van der Waals surface area contributed by atoms with E-state index < -0.39 is 57.9 Å². The molecule has 41 heavy (non-hydrogen) atoms. The van der Waals surface area contributed by atoms with Crippen LogP contribution in [0.15, 0.2) is 56.3 Å². The predicted molar refractivity (Wildman–Crippen MR) is 150 cm³/mol. The Morgan fingerprint density at radius 1 is 1.17 bits per heavy atom. The number of fused-ring (bicyclic) bond motifs is 3. The van der Waals surface area contributed by atoms with E-state index in [-0.39, 0.29) is 41.7 Å². The van der Waals surface area contributed by atoms with Crippen LogP contribution >= 0.6 is 0 Å². The van der Waals surface area contributed by atoms with Crippen LogP contribution in [0.5, 0.6) is 5.75 Å². The third-order valence-corrected chi connectivity index (χ3v) is 8.50. The standard InChI is InChI=1S/C31H34N2O8/c1-6-16-19-12-14-11-18-17(21-10-7-15(41-21)13-33-30(2,3)4)8-9-20(34)23(18)26(36)22(14)27(37)31(19,40)28(38)24(25(16)35)29(39)32-5/h7-10,14,16,19,33-35,37,40H,5-6,11-13H2,1-4H3/t14-,16-,19-,31-/m0/s1. The number of allylic oxidation sites excluding steroid dienone is 2. The van der Waals surface area contributed by atoms with Crippen LogP contribution in [-0.2, 0) is 22.6 Å². The molecule has 2 aromatic rings. The molecule has 5 N–H and O–H groups in total. The summed E-state index contributed by atoms with van der Waals surface area (Å²) in [6, 6.07) is 6.66. The molecule has 1 heterocycles. The summed E-state index contributed by atoms with van der Waals surface area (Å²) >= 11 is 0. The smallest absolute Gasteiger partial charge is 0.283 e. The fourth-order valence-corrected chi connectivity index (χ4v) is 6.51. The number of carbonyl (C=O) groups is 3. The number of Topliss-reactive ketones (excluding diaryl/α,β-unsaturated/α-hetero) is 2. The van der Waals surface area contributed by atoms with Crippen molar-refractivity contribution in [1.29, 1.82) is 0 Å². The number of carbonyl (C=O) groups excluding carboxylic acids is 3. The molecule has 0 saturated heterocycles. The fraction of sp³-hybridized carbons (Fsp3) is 0.419. The largest absolute Gasteiger partial charge is 0.511 e. The van der Waals surface area contributed by atoms with E-state index in [9.17, 15) is 34.8 Å². The molecule has 0 bridgehead atoms. The van der Waals surface area contributed by atoms with E-state index in [0.29, 0.717) is 29.2 Å². The van der Waals surface area contributed by atoms with Crippen molar-refractivity contribution >= 4 is 24.2 Å². The summed E-state index contributed by atoms with van der Waals surface area (Å²) in [5.74, 6) is -6.08. The van der Waals surface area contributed by atoms with Gasteiger partial charge < -0.3 is 30.2 Å². The zero-order valence-corrected chi connectivity index (χ0v) is 23.4. The zero-order valence-electron chi connectivity index (χ0n) is 23.4. The first-order valence-electron chi connectivity index (χ1n) is 13.6. The molecule has 1 aromatic heterocycles. The van der Waals surface area contributed by atoms with E-state index >= 15 is 0 Å². The molecule has 0 radical (unpaired) electrons. The van der Waals surface area contributed by atoms with E-state index in [4.69, 9.17) is 4.42 Å². The van der Waals surface area contributed by atoms with E-state index in [1.165, 1.54) is 6.07 Å². The molecule has 0 fully saturated rings. The van der Waals surface area contributed by atoms with Crippen LogP contribution in [0.3, 0.4) is 0 Å². The second kappa shape index (κ2) is 9.81. The Morgan fingerprint density at radius 2 is 1.88 bits per heavy atom. The predicted octanol–water partition coefficient (Wildman–Crippen LogP) is 4.11. The highest BCUT2D eigenvalue weighted by atomic mass is 16.4. The lowest BCUT2D eigenvalue weighted by Gasteiger charge is -2.48. The maximum atomic E-state index is 13.9. The number of aromatic hydroxyl groups is 1. The molecular formula is C31H34N2O8. The number of aliphatic imine (C=N–C) groups is 1.